The highest BCUT2D eigenvalue weighted by molar-refractivity contribution is 6.00. The molecule has 18 heavy (non-hydrogen) atoms. The highest BCUT2D eigenvalue weighted by Gasteiger charge is 2.20. The summed E-state index contributed by atoms with van der Waals surface area (Å²) in [5.41, 5.74) is 3.95. The number of carbonyl (C=O) groups is 1. The quantitative estimate of drug-likeness (QED) is 0.598. The van der Waals surface area contributed by atoms with Gasteiger partial charge in [0.2, 0.25) is 0 Å². The molecule has 0 aliphatic carbocycles. The summed E-state index contributed by atoms with van der Waals surface area (Å²) in [6.07, 6.45) is -4.93. The highest BCUT2D eigenvalue weighted by atomic mass is 19.3. The van der Waals surface area contributed by atoms with E-state index in [0.717, 1.165) is 12.1 Å². The normalized spacial score (nSPS) is 12.5. The molecule has 1 rings (SSSR count). The molecule has 0 radical (unpaired) electrons. The van der Waals surface area contributed by atoms with Crippen molar-refractivity contribution in [1.29, 1.82) is 0 Å². The molecule has 0 aromatic heterocycles. The standard InChI is InChI=1S/C10H11F3N2O3/c11-4-1-2-5(7(8(4)14)10(17)18)15-3-6(16)9(12)13/h1-2,6,9,15-16H,3,14H2,(H,17,18). The van der Waals surface area contributed by atoms with E-state index >= 15 is 0 Å². The summed E-state index contributed by atoms with van der Waals surface area (Å²) in [6.45, 7) is -0.580. The summed E-state index contributed by atoms with van der Waals surface area (Å²) in [4.78, 5) is 10.9. The maximum absolute atomic E-state index is 13.1. The van der Waals surface area contributed by atoms with Gasteiger partial charge in [0.05, 0.1) is 11.4 Å². The van der Waals surface area contributed by atoms with E-state index in [2.05, 4.69) is 5.32 Å². The van der Waals surface area contributed by atoms with Crippen molar-refractivity contribution in [2.75, 3.05) is 17.6 Å². The van der Waals surface area contributed by atoms with Crippen LogP contribution in [0.4, 0.5) is 24.5 Å². The minimum atomic E-state index is -2.97. The summed E-state index contributed by atoms with van der Waals surface area (Å²) >= 11 is 0. The molecule has 0 saturated carbocycles. The Hall–Kier alpha value is -1.96. The third-order valence-corrected chi connectivity index (χ3v) is 2.20. The van der Waals surface area contributed by atoms with Gasteiger partial charge < -0.3 is 21.3 Å². The van der Waals surface area contributed by atoms with Crippen molar-refractivity contribution in [2.24, 2.45) is 0 Å². The van der Waals surface area contributed by atoms with Crippen molar-refractivity contribution in [3.63, 3.8) is 0 Å². The predicted octanol–water partition coefficient (Wildman–Crippen LogP) is 1.14. The molecule has 0 bridgehead atoms. The van der Waals surface area contributed by atoms with Crippen LogP contribution in [0.25, 0.3) is 0 Å². The van der Waals surface area contributed by atoms with E-state index in [1.54, 1.807) is 0 Å². The smallest absolute Gasteiger partial charge is 0.340 e. The second-order valence-electron chi connectivity index (χ2n) is 3.47. The summed E-state index contributed by atoms with van der Waals surface area (Å²) in [5.74, 6) is -2.42. The Bertz CT molecular complexity index is 454. The molecule has 0 saturated heterocycles. The van der Waals surface area contributed by atoms with Crippen LogP contribution in [0.1, 0.15) is 10.4 Å². The number of halogens is 3. The molecule has 1 unspecified atom stereocenters. The van der Waals surface area contributed by atoms with Crippen molar-refractivity contribution in [1.82, 2.24) is 0 Å². The zero-order valence-corrected chi connectivity index (χ0v) is 9.03. The van der Waals surface area contributed by atoms with Gasteiger partial charge in [-0.3, -0.25) is 0 Å². The zero-order chi connectivity index (χ0) is 13.9. The third kappa shape index (κ3) is 3.04. The van der Waals surface area contributed by atoms with Gasteiger partial charge in [-0.25, -0.2) is 18.0 Å². The van der Waals surface area contributed by atoms with Crippen molar-refractivity contribution >= 4 is 17.3 Å². The molecule has 0 fully saturated rings. The number of hydrogen-bond acceptors (Lipinski definition) is 4. The predicted molar refractivity (Wildman–Crippen MR) is 58.3 cm³/mol. The van der Waals surface area contributed by atoms with E-state index in [4.69, 9.17) is 15.9 Å². The highest BCUT2D eigenvalue weighted by Crippen LogP contribution is 2.25. The average molecular weight is 264 g/mol. The van der Waals surface area contributed by atoms with Gasteiger partial charge in [-0.1, -0.05) is 0 Å². The number of benzene rings is 1. The zero-order valence-electron chi connectivity index (χ0n) is 9.03. The number of hydrogen-bond donors (Lipinski definition) is 4. The van der Waals surface area contributed by atoms with Crippen LogP contribution in [0.3, 0.4) is 0 Å². The lowest BCUT2D eigenvalue weighted by Gasteiger charge is -2.14. The lowest BCUT2D eigenvalue weighted by atomic mass is 10.1. The summed E-state index contributed by atoms with van der Waals surface area (Å²) < 4.78 is 37.1. The number of aliphatic hydroxyl groups excluding tert-OH is 1. The van der Waals surface area contributed by atoms with Crippen molar-refractivity contribution in [2.45, 2.75) is 12.5 Å². The molecule has 1 aromatic carbocycles. The van der Waals surface area contributed by atoms with Gasteiger partial charge in [0.15, 0.2) is 0 Å². The van der Waals surface area contributed by atoms with E-state index < -0.39 is 42.1 Å². The second-order valence-corrected chi connectivity index (χ2v) is 3.47. The molecular formula is C10H11F3N2O3. The van der Waals surface area contributed by atoms with Crippen molar-refractivity contribution in [3.8, 4) is 0 Å². The van der Waals surface area contributed by atoms with Gasteiger partial charge >= 0.3 is 5.97 Å². The maximum Gasteiger partial charge on any atom is 0.340 e. The fourth-order valence-electron chi connectivity index (χ4n) is 1.28. The van der Waals surface area contributed by atoms with Gasteiger partial charge in [-0.15, -0.1) is 0 Å². The Kier molecular flexibility index (Phi) is 4.38. The van der Waals surface area contributed by atoms with E-state index in [-0.39, 0.29) is 5.69 Å². The molecule has 1 atom stereocenters. The van der Waals surface area contributed by atoms with Crippen molar-refractivity contribution in [3.05, 3.63) is 23.5 Å². The van der Waals surface area contributed by atoms with Gasteiger partial charge in [0, 0.05) is 6.54 Å². The molecule has 100 valence electrons. The summed E-state index contributed by atoms with van der Waals surface area (Å²) in [5, 5.41) is 20.0. The number of carboxylic acids is 1. The number of alkyl halides is 2. The van der Waals surface area contributed by atoms with Gasteiger partial charge in [0.1, 0.15) is 17.5 Å². The topological polar surface area (TPSA) is 95.6 Å². The number of aliphatic hydroxyl groups is 1. The average Bonchev–Trinajstić information content (AvgIpc) is 2.29. The first-order valence-corrected chi connectivity index (χ1v) is 4.86. The van der Waals surface area contributed by atoms with Crippen LogP contribution in [0.5, 0.6) is 0 Å². The Morgan fingerprint density at radius 1 is 1.44 bits per heavy atom. The van der Waals surface area contributed by atoms with Gasteiger partial charge in [-0.2, -0.15) is 0 Å². The first-order valence-electron chi connectivity index (χ1n) is 4.86. The van der Waals surface area contributed by atoms with Crippen LogP contribution in [0.2, 0.25) is 0 Å². The number of carboxylic acid groups (broad SMARTS) is 1. The van der Waals surface area contributed by atoms with E-state index in [9.17, 15) is 18.0 Å². The minimum Gasteiger partial charge on any atom is -0.478 e. The number of aromatic carboxylic acids is 1. The Labute approximate surface area is 100 Å². The van der Waals surface area contributed by atoms with Crippen LogP contribution in [0.15, 0.2) is 12.1 Å². The molecule has 0 aliphatic heterocycles. The lowest BCUT2D eigenvalue weighted by Crippen LogP contribution is -2.27. The van der Waals surface area contributed by atoms with Crippen LogP contribution in [-0.2, 0) is 0 Å². The Balaban J connectivity index is 2.96. The molecule has 0 aliphatic rings. The van der Waals surface area contributed by atoms with Crippen molar-refractivity contribution < 1.29 is 28.2 Å². The van der Waals surface area contributed by atoms with Crippen LogP contribution >= 0.6 is 0 Å². The van der Waals surface area contributed by atoms with E-state index in [1.807, 2.05) is 0 Å². The second kappa shape index (κ2) is 5.58. The lowest BCUT2D eigenvalue weighted by molar-refractivity contribution is 0.00384. The number of anilines is 2. The molecule has 0 amide bonds. The Morgan fingerprint density at radius 3 is 2.56 bits per heavy atom. The summed E-state index contributed by atoms with van der Waals surface area (Å²) in [6, 6.07) is 1.95. The van der Waals surface area contributed by atoms with E-state index in [1.165, 1.54) is 0 Å². The minimum absolute atomic E-state index is 0.138. The number of rotatable bonds is 5. The number of nitrogens with two attached hydrogens (primary N) is 1. The summed E-state index contributed by atoms with van der Waals surface area (Å²) in [7, 11) is 0. The van der Waals surface area contributed by atoms with Crippen LogP contribution in [0, 0.1) is 5.82 Å². The monoisotopic (exact) mass is 264 g/mol. The van der Waals surface area contributed by atoms with E-state index in [0.29, 0.717) is 0 Å². The number of nitrogen functional groups attached to an aromatic ring is 1. The fourth-order valence-corrected chi connectivity index (χ4v) is 1.28. The first kappa shape index (κ1) is 14.1. The Morgan fingerprint density at radius 2 is 2.06 bits per heavy atom. The molecule has 5 nitrogen and oxygen atoms in total. The molecule has 0 heterocycles. The van der Waals surface area contributed by atoms with Crippen LogP contribution < -0.4 is 11.1 Å². The molecule has 5 N–H and O–H groups in total. The molecular weight excluding hydrogens is 253 g/mol. The fraction of sp³-hybridized carbons (Fsp3) is 0.300. The van der Waals surface area contributed by atoms with Gasteiger partial charge in [0.25, 0.3) is 6.43 Å². The van der Waals surface area contributed by atoms with Gasteiger partial charge in [-0.05, 0) is 12.1 Å². The first-order chi connectivity index (χ1) is 8.34. The largest absolute Gasteiger partial charge is 0.478 e. The molecule has 8 heteroatoms. The molecule has 0 spiro atoms. The third-order valence-electron chi connectivity index (χ3n) is 2.20. The number of nitrogens with one attached hydrogen (secondary N) is 1. The molecule has 1 aromatic rings. The van der Waals surface area contributed by atoms with Crippen LogP contribution in [-0.4, -0.2) is 35.3 Å². The maximum atomic E-state index is 13.1. The SMILES string of the molecule is Nc1c(F)ccc(NCC(O)C(F)F)c1C(=O)O.